The third-order valence-corrected chi connectivity index (χ3v) is 6.25. The Morgan fingerprint density at radius 2 is 1.71 bits per heavy atom. The summed E-state index contributed by atoms with van der Waals surface area (Å²) in [5, 5.41) is 1.64. The first kappa shape index (κ1) is 17.6. The predicted molar refractivity (Wildman–Crippen MR) is 140 cm³/mol. The van der Waals surface area contributed by atoms with Gasteiger partial charge in [-0.3, -0.25) is 0 Å². The smallest absolute Gasteiger partial charge is 0.237 e. The van der Waals surface area contributed by atoms with Crippen molar-refractivity contribution in [3.63, 3.8) is 0 Å². The van der Waals surface area contributed by atoms with Gasteiger partial charge in [-0.05, 0) is 41.5 Å². The van der Waals surface area contributed by atoms with E-state index in [0.717, 1.165) is 27.5 Å². The van der Waals surface area contributed by atoms with E-state index in [1.807, 2.05) is 61.5 Å². The van der Waals surface area contributed by atoms with E-state index >= 15 is 0 Å². The second kappa shape index (κ2) is 8.47. The fourth-order valence-corrected chi connectivity index (χ4v) is 4.50. The van der Waals surface area contributed by atoms with Crippen LogP contribution in [0.3, 0.4) is 0 Å². The Kier molecular flexibility index (Phi) is 4.37. The van der Waals surface area contributed by atoms with E-state index < -0.39 is 12.3 Å². The standard InChI is InChI=1S/C31H29N2O/c1-19(2)16-22-17-21(4)33(6)27(18-22)28-20(3)12-13-25-26-15-14-24(23-10-8-7-9-11-23)29(32-5)31(26)34-30(25)28/h7-15,17-19H,16H2,1-4,6H3/q+1/i16D2,17D,18D. The molecule has 0 saturated heterocycles. The first-order valence-corrected chi connectivity index (χ1v) is 11.4. The lowest BCUT2D eigenvalue weighted by molar-refractivity contribution is -0.666. The van der Waals surface area contributed by atoms with Gasteiger partial charge in [0.1, 0.15) is 18.2 Å². The number of aromatic nitrogens is 1. The fourth-order valence-electron chi connectivity index (χ4n) is 4.50. The van der Waals surface area contributed by atoms with Crippen LogP contribution in [-0.2, 0) is 13.4 Å². The molecular weight excluding hydrogens is 416 g/mol. The summed E-state index contributed by atoms with van der Waals surface area (Å²) in [5.41, 5.74) is 5.87. The first-order valence-electron chi connectivity index (χ1n) is 13.4. The number of benzene rings is 3. The van der Waals surface area contributed by atoms with Crippen LogP contribution in [0.2, 0.25) is 0 Å². The molecule has 0 radical (unpaired) electrons. The van der Waals surface area contributed by atoms with Crippen molar-refractivity contribution in [1.29, 1.82) is 0 Å². The van der Waals surface area contributed by atoms with Crippen molar-refractivity contribution in [2.24, 2.45) is 13.0 Å². The van der Waals surface area contributed by atoms with Gasteiger partial charge < -0.3 is 4.42 Å². The van der Waals surface area contributed by atoms with Crippen molar-refractivity contribution in [1.82, 2.24) is 0 Å². The number of hydrogen-bond donors (Lipinski definition) is 0. The van der Waals surface area contributed by atoms with Gasteiger partial charge in [0.15, 0.2) is 5.69 Å². The van der Waals surface area contributed by atoms with Gasteiger partial charge in [0, 0.05) is 32.5 Å². The van der Waals surface area contributed by atoms with Crippen LogP contribution < -0.4 is 4.57 Å². The Bertz CT molecular complexity index is 1780. The van der Waals surface area contributed by atoms with Crippen LogP contribution in [0.4, 0.5) is 5.69 Å². The van der Waals surface area contributed by atoms with E-state index in [1.54, 1.807) is 32.4 Å². The molecule has 5 aromatic rings. The third-order valence-electron chi connectivity index (χ3n) is 6.25. The number of furan rings is 1. The minimum Gasteiger partial charge on any atom is -0.466 e. The molecule has 3 heteroatoms. The Balaban J connectivity index is 1.90. The molecule has 0 atom stereocenters. The van der Waals surface area contributed by atoms with Crippen LogP contribution in [0.5, 0.6) is 0 Å². The Morgan fingerprint density at radius 3 is 2.41 bits per heavy atom. The van der Waals surface area contributed by atoms with Gasteiger partial charge >= 0.3 is 0 Å². The second-order valence-electron chi connectivity index (χ2n) is 8.97. The van der Waals surface area contributed by atoms with Crippen molar-refractivity contribution >= 4 is 27.6 Å². The van der Waals surface area contributed by atoms with Crippen molar-refractivity contribution in [3.05, 3.63) is 94.9 Å². The first-order chi connectivity index (χ1) is 18.0. The number of rotatable bonds is 4. The molecule has 0 saturated carbocycles. The van der Waals surface area contributed by atoms with Gasteiger partial charge in [0.05, 0.1) is 14.9 Å². The number of pyridine rings is 1. The molecule has 0 aliphatic carbocycles. The monoisotopic (exact) mass is 449 g/mol. The fraction of sp³-hybridized carbons (Fsp3) is 0.226. The summed E-state index contributed by atoms with van der Waals surface area (Å²) >= 11 is 0. The maximum atomic E-state index is 9.17. The molecule has 2 heterocycles. The van der Waals surface area contributed by atoms with Crippen LogP contribution in [0.25, 0.3) is 49.2 Å². The molecule has 2 aromatic heterocycles. The number of fused-ring (bicyclic) bond motifs is 3. The maximum Gasteiger partial charge on any atom is 0.237 e. The van der Waals surface area contributed by atoms with Gasteiger partial charge in [-0.25, -0.2) is 4.85 Å². The minimum atomic E-state index is -1.86. The topological polar surface area (TPSA) is 21.4 Å². The van der Waals surface area contributed by atoms with Gasteiger partial charge in [-0.1, -0.05) is 68.4 Å². The zero-order valence-electron chi connectivity index (χ0n) is 24.1. The summed E-state index contributed by atoms with van der Waals surface area (Å²) in [6.07, 6.45) is -1.86. The van der Waals surface area contributed by atoms with E-state index in [9.17, 15) is 1.37 Å². The Morgan fingerprint density at radius 1 is 1.00 bits per heavy atom. The summed E-state index contributed by atoms with van der Waals surface area (Å²) in [5.74, 6) is -0.420. The Hall–Kier alpha value is -3.90. The highest BCUT2D eigenvalue weighted by molar-refractivity contribution is 6.14. The van der Waals surface area contributed by atoms with Gasteiger partial charge in [0.25, 0.3) is 0 Å². The average Bonchev–Trinajstić information content (AvgIpc) is 3.27. The average molecular weight is 450 g/mol. The van der Waals surface area contributed by atoms with Crippen molar-refractivity contribution in [2.75, 3.05) is 0 Å². The normalized spacial score (nSPS) is 13.6. The highest BCUT2D eigenvalue weighted by Crippen LogP contribution is 2.44. The molecule has 34 heavy (non-hydrogen) atoms. The highest BCUT2D eigenvalue weighted by atomic mass is 16.3. The van der Waals surface area contributed by atoms with Gasteiger partial charge in [-0.15, -0.1) is 0 Å². The second-order valence-corrected chi connectivity index (χ2v) is 8.97. The maximum absolute atomic E-state index is 9.17. The lowest BCUT2D eigenvalue weighted by atomic mass is 9.96. The van der Waals surface area contributed by atoms with Crippen molar-refractivity contribution in [3.8, 4) is 22.4 Å². The summed E-state index contributed by atoms with van der Waals surface area (Å²) in [6, 6.07) is 17.6. The molecule has 0 bridgehead atoms. The van der Waals surface area contributed by atoms with Gasteiger partial charge in [0.2, 0.25) is 11.4 Å². The molecule has 168 valence electrons. The van der Waals surface area contributed by atoms with Gasteiger partial charge in [-0.2, -0.15) is 4.57 Å². The minimum absolute atomic E-state index is 0.0202. The van der Waals surface area contributed by atoms with E-state index in [2.05, 4.69) is 4.85 Å². The van der Waals surface area contributed by atoms with Crippen LogP contribution in [-0.4, -0.2) is 0 Å². The largest absolute Gasteiger partial charge is 0.466 e. The number of nitrogens with zero attached hydrogens (tertiary/aromatic N) is 2. The molecule has 0 aliphatic heterocycles. The summed E-state index contributed by atoms with van der Waals surface area (Å²) in [6.45, 7) is 15.2. The molecular formula is C31H29N2O+. The molecule has 3 aromatic carbocycles. The molecule has 0 amide bonds. The van der Waals surface area contributed by atoms with Crippen LogP contribution in [0.1, 0.15) is 36.2 Å². The van der Waals surface area contributed by atoms with Crippen LogP contribution in [0.15, 0.2) is 71.1 Å². The Labute approximate surface area is 206 Å². The quantitative estimate of drug-likeness (QED) is 0.200. The van der Waals surface area contributed by atoms with E-state index in [1.165, 1.54) is 0 Å². The zero-order chi connectivity index (χ0) is 27.5. The predicted octanol–water partition coefficient (Wildman–Crippen LogP) is 8.11. The number of aryl methyl sites for hydroxylation is 1. The molecule has 5 rings (SSSR count). The zero-order valence-corrected chi connectivity index (χ0v) is 20.1. The van der Waals surface area contributed by atoms with Crippen LogP contribution in [0, 0.1) is 26.3 Å². The third kappa shape index (κ3) is 3.56. The van der Waals surface area contributed by atoms with E-state index in [4.69, 9.17) is 15.1 Å². The molecule has 0 aliphatic rings. The molecule has 0 unspecified atom stereocenters. The summed E-state index contributed by atoms with van der Waals surface area (Å²) in [4.78, 5) is 3.86. The molecule has 0 N–H and O–H groups in total. The van der Waals surface area contributed by atoms with E-state index in [0.29, 0.717) is 33.8 Å². The van der Waals surface area contributed by atoms with Crippen LogP contribution >= 0.6 is 0 Å². The highest BCUT2D eigenvalue weighted by Gasteiger charge is 2.24. The van der Waals surface area contributed by atoms with E-state index in [-0.39, 0.29) is 17.6 Å². The summed E-state index contributed by atoms with van der Waals surface area (Å²) in [7, 11) is 1.80. The lowest BCUT2D eigenvalue weighted by Crippen LogP contribution is -2.35. The molecule has 0 fully saturated rings. The van der Waals surface area contributed by atoms with Crippen molar-refractivity contribution < 1.29 is 14.5 Å². The molecule has 3 nitrogen and oxygen atoms in total. The number of hydrogen-bond acceptors (Lipinski definition) is 1. The summed E-state index contributed by atoms with van der Waals surface area (Å²) < 4.78 is 43.7. The van der Waals surface area contributed by atoms with Crippen molar-refractivity contribution in [2.45, 2.75) is 34.1 Å². The SMILES string of the molecule is [2H]c1c(C([2H])([2H])C(C)C)c([2H])c(-c2c(C)ccc3c2oc2c([N+]#[C-])c(-c4ccccc4)ccc23)[n+](C)c1C. The molecule has 0 spiro atoms. The lowest BCUT2D eigenvalue weighted by Gasteiger charge is -2.11.